The van der Waals surface area contributed by atoms with Crippen LogP contribution in [0.2, 0.25) is 0 Å². The number of benzene rings is 1. The van der Waals surface area contributed by atoms with Crippen LogP contribution in [0.5, 0.6) is 17.2 Å². The predicted molar refractivity (Wildman–Crippen MR) is 106 cm³/mol. The van der Waals surface area contributed by atoms with Gasteiger partial charge in [-0.05, 0) is 47.0 Å². The van der Waals surface area contributed by atoms with Gasteiger partial charge >= 0.3 is 0 Å². The van der Waals surface area contributed by atoms with Crippen LogP contribution in [0.4, 0.5) is 0 Å². The van der Waals surface area contributed by atoms with Crippen LogP contribution in [0.1, 0.15) is 22.3 Å². The molecule has 146 valence electrons. The molecule has 0 fully saturated rings. The lowest BCUT2D eigenvalue weighted by Crippen LogP contribution is -2.27. The van der Waals surface area contributed by atoms with Crippen molar-refractivity contribution < 1.29 is 19.0 Å². The summed E-state index contributed by atoms with van der Waals surface area (Å²) in [7, 11) is 4.48. The predicted octanol–water partition coefficient (Wildman–Crippen LogP) is 2.77. The van der Waals surface area contributed by atoms with Crippen molar-refractivity contribution in [1.82, 2.24) is 9.88 Å². The number of rotatable bonds is 8. The second kappa shape index (κ2) is 9.45. The van der Waals surface area contributed by atoms with E-state index in [2.05, 4.69) is 21.2 Å². The maximum Gasteiger partial charge on any atom is 0.252 e. The SMILES string of the molecule is COc1cc(C(=O)NCCCn2ccc(C)cc2=O)c(Br)c(OC)c1OC. The highest BCUT2D eigenvalue weighted by Gasteiger charge is 2.22. The average molecular weight is 439 g/mol. The topological polar surface area (TPSA) is 78.8 Å². The number of aryl methyl sites for hydroxylation is 2. The monoisotopic (exact) mass is 438 g/mol. The second-order valence-electron chi connectivity index (χ2n) is 5.85. The number of aromatic nitrogens is 1. The number of methoxy groups -OCH3 is 3. The fourth-order valence-electron chi connectivity index (χ4n) is 2.62. The van der Waals surface area contributed by atoms with Gasteiger partial charge in [0.05, 0.1) is 31.4 Å². The number of pyridine rings is 1. The van der Waals surface area contributed by atoms with E-state index in [1.54, 1.807) is 22.9 Å². The molecule has 0 atom stereocenters. The molecule has 0 radical (unpaired) electrons. The highest BCUT2D eigenvalue weighted by Crippen LogP contribution is 2.44. The van der Waals surface area contributed by atoms with Gasteiger partial charge in [0.25, 0.3) is 11.5 Å². The van der Waals surface area contributed by atoms with E-state index in [1.165, 1.54) is 21.3 Å². The van der Waals surface area contributed by atoms with E-state index in [0.717, 1.165) is 5.56 Å². The molecule has 1 aromatic carbocycles. The molecule has 8 heteroatoms. The molecular weight excluding hydrogens is 416 g/mol. The summed E-state index contributed by atoms with van der Waals surface area (Å²) >= 11 is 3.39. The number of halogens is 1. The van der Waals surface area contributed by atoms with Crippen LogP contribution >= 0.6 is 15.9 Å². The third-order valence-electron chi connectivity index (χ3n) is 4.03. The fourth-order valence-corrected chi connectivity index (χ4v) is 3.26. The van der Waals surface area contributed by atoms with E-state index >= 15 is 0 Å². The Balaban J connectivity index is 2.06. The third kappa shape index (κ3) is 4.82. The summed E-state index contributed by atoms with van der Waals surface area (Å²) in [5.41, 5.74) is 1.25. The molecule has 7 nitrogen and oxygen atoms in total. The van der Waals surface area contributed by atoms with Crippen LogP contribution in [0.15, 0.2) is 33.7 Å². The van der Waals surface area contributed by atoms with Gasteiger partial charge in [-0.25, -0.2) is 0 Å². The maximum atomic E-state index is 12.6. The number of hydrogen-bond donors (Lipinski definition) is 1. The fraction of sp³-hybridized carbons (Fsp3) is 0.368. The van der Waals surface area contributed by atoms with Crippen molar-refractivity contribution in [3.63, 3.8) is 0 Å². The standard InChI is InChI=1S/C19H23BrN2O5/c1-12-6-9-22(15(23)10-12)8-5-7-21-19(24)13-11-14(25-2)17(26-3)18(27-4)16(13)20/h6,9-11H,5,7-8H2,1-4H3,(H,21,24). The van der Waals surface area contributed by atoms with Gasteiger partial charge in [0, 0.05) is 25.4 Å². The summed E-state index contributed by atoms with van der Waals surface area (Å²) < 4.78 is 18.0. The maximum absolute atomic E-state index is 12.6. The molecule has 1 amide bonds. The molecule has 0 aliphatic rings. The van der Waals surface area contributed by atoms with Gasteiger partial charge in [-0.2, -0.15) is 0 Å². The summed E-state index contributed by atoms with van der Waals surface area (Å²) in [6, 6.07) is 5.06. The summed E-state index contributed by atoms with van der Waals surface area (Å²) in [6.07, 6.45) is 2.38. The van der Waals surface area contributed by atoms with Crippen molar-refractivity contribution in [2.45, 2.75) is 19.9 Å². The smallest absolute Gasteiger partial charge is 0.252 e. The number of nitrogens with zero attached hydrogens (tertiary/aromatic N) is 1. The number of ether oxygens (including phenoxy) is 3. The molecule has 1 aromatic heterocycles. The molecule has 2 rings (SSSR count). The van der Waals surface area contributed by atoms with Gasteiger partial charge in [0.15, 0.2) is 11.5 Å². The van der Waals surface area contributed by atoms with Crippen molar-refractivity contribution in [1.29, 1.82) is 0 Å². The van der Waals surface area contributed by atoms with E-state index in [-0.39, 0.29) is 11.5 Å². The minimum absolute atomic E-state index is 0.0475. The van der Waals surface area contributed by atoms with Crippen molar-refractivity contribution in [3.05, 3.63) is 50.3 Å². The van der Waals surface area contributed by atoms with Crippen molar-refractivity contribution in [2.75, 3.05) is 27.9 Å². The lowest BCUT2D eigenvalue weighted by molar-refractivity contribution is 0.0951. The first kappa shape index (κ1) is 20.8. The largest absolute Gasteiger partial charge is 0.493 e. The number of nitrogens with one attached hydrogen (secondary N) is 1. The Morgan fingerprint density at radius 2 is 1.85 bits per heavy atom. The van der Waals surface area contributed by atoms with E-state index in [4.69, 9.17) is 14.2 Å². The molecule has 0 saturated heterocycles. The number of carbonyl (C=O) groups excluding carboxylic acids is 1. The first-order valence-electron chi connectivity index (χ1n) is 8.36. The van der Waals surface area contributed by atoms with Crippen LogP contribution in [0.3, 0.4) is 0 Å². The highest BCUT2D eigenvalue weighted by atomic mass is 79.9. The van der Waals surface area contributed by atoms with Crippen LogP contribution in [-0.4, -0.2) is 38.3 Å². The van der Waals surface area contributed by atoms with Crippen LogP contribution in [0, 0.1) is 6.92 Å². The molecule has 1 heterocycles. The Morgan fingerprint density at radius 3 is 2.44 bits per heavy atom. The second-order valence-corrected chi connectivity index (χ2v) is 6.65. The van der Waals surface area contributed by atoms with Gasteiger partial charge in [0.2, 0.25) is 5.75 Å². The minimum Gasteiger partial charge on any atom is -0.493 e. The lowest BCUT2D eigenvalue weighted by atomic mass is 10.1. The quantitative estimate of drug-likeness (QED) is 0.641. The molecule has 0 aliphatic heterocycles. The van der Waals surface area contributed by atoms with E-state index in [9.17, 15) is 9.59 Å². The van der Waals surface area contributed by atoms with E-state index in [0.29, 0.717) is 46.8 Å². The van der Waals surface area contributed by atoms with Gasteiger partial charge in [-0.15, -0.1) is 0 Å². The third-order valence-corrected chi connectivity index (χ3v) is 4.81. The summed E-state index contributed by atoms with van der Waals surface area (Å²) in [6.45, 7) is 2.82. The molecule has 2 aromatic rings. The highest BCUT2D eigenvalue weighted by molar-refractivity contribution is 9.10. The molecule has 0 spiro atoms. The summed E-state index contributed by atoms with van der Waals surface area (Å²) in [5, 5.41) is 2.84. The van der Waals surface area contributed by atoms with E-state index in [1.807, 2.05) is 13.0 Å². The van der Waals surface area contributed by atoms with Gasteiger partial charge < -0.3 is 24.1 Å². The zero-order valence-corrected chi connectivity index (χ0v) is 17.4. The Labute approximate surface area is 166 Å². The molecular formula is C19H23BrN2O5. The van der Waals surface area contributed by atoms with Gasteiger partial charge in [-0.3, -0.25) is 9.59 Å². The van der Waals surface area contributed by atoms with Crippen LogP contribution in [0.25, 0.3) is 0 Å². The zero-order chi connectivity index (χ0) is 20.0. The number of amides is 1. The Bertz CT molecular complexity index is 879. The molecule has 1 N–H and O–H groups in total. The molecule has 0 bridgehead atoms. The van der Waals surface area contributed by atoms with Gasteiger partial charge in [-0.1, -0.05) is 0 Å². The Morgan fingerprint density at radius 1 is 1.15 bits per heavy atom. The number of hydrogen-bond acceptors (Lipinski definition) is 5. The van der Waals surface area contributed by atoms with Crippen LogP contribution in [-0.2, 0) is 6.54 Å². The molecule has 0 saturated carbocycles. The first-order valence-corrected chi connectivity index (χ1v) is 9.16. The Hall–Kier alpha value is -2.48. The minimum atomic E-state index is -0.280. The summed E-state index contributed by atoms with van der Waals surface area (Å²) in [4.78, 5) is 24.4. The van der Waals surface area contributed by atoms with Crippen LogP contribution < -0.4 is 25.1 Å². The molecule has 0 unspecified atom stereocenters. The first-order chi connectivity index (χ1) is 12.9. The van der Waals surface area contributed by atoms with Gasteiger partial charge in [0.1, 0.15) is 0 Å². The molecule has 27 heavy (non-hydrogen) atoms. The Kier molecular flexibility index (Phi) is 7.29. The average Bonchev–Trinajstić information content (AvgIpc) is 2.65. The lowest BCUT2D eigenvalue weighted by Gasteiger charge is -2.16. The van der Waals surface area contributed by atoms with E-state index < -0.39 is 0 Å². The van der Waals surface area contributed by atoms with Crippen molar-refractivity contribution in [2.24, 2.45) is 0 Å². The van der Waals surface area contributed by atoms with Crippen molar-refractivity contribution in [3.8, 4) is 17.2 Å². The number of carbonyl (C=O) groups is 1. The van der Waals surface area contributed by atoms with Crippen molar-refractivity contribution >= 4 is 21.8 Å². The zero-order valence-electron chi connectivity index (χ0n) is 15.8. The summed E-state index contributed by atoms with van der Waals surface area (Å²) in [5.74, 6) is 0.904. The normalized spacial score (nSPS) is 10.4. The molecule has 0 aliphatic carbocycles.